The van der Waals surface area contributed by atoms with Crippen molar-refractivity contribution in [2.45, 2.75) is 57.3 Å². The molecular formula is C13H20N4O. The summed E-state index contributed by atoms with van der Waals surface area (Å²) < 4.78 is 1.72. The maximum Gasteiger partial charge on any atom is 0.293 e. The zero-order valence-electron chi connectivity index (χ0n) is 10.7. The first-order chi connectivity index (χ1) is 8.70. The molecule has 1 aromatic heterocycles. The van der Waals surface area contributed by atoms with Gasteiger partial charge in [0.05, 0.1) is 0 Å². The Balaban J connectivity index is 1.99. The molecule has 2 bridgehead atoms. The number of hydrogen-bond acceptors (Lipinski definition) is 4. The lowest BCUT2D eigenvalue weighted by Gasteiger charge is -2.38. The molecule has 5 nitrogen and oxygen atoms in total. The average Bonchev–Trinajstić information content (AvgIpc) is 2.62. The van der Waals surface area contributed by atoms with Crippen LogP contribution in [0.2, 0.25) is 0 Å². The number of rotatable bonds is 2. The normalized spacial score (nSPS) is 30.8. The molecule has 5 heteroatoms. The second-order valence-corrected chi connectivity index (χ2v) is 5.37. The highest BCUT2D eigenvalue weighted by Crippen LogP contribution is 2.36. The SMILES string of the molecule is CCn1ccnc(N2C3CCC2CC(N)C3)c1=O. The summed E-state index contributed by atoms with van der Waals surface area (Å²) in [6, 6.07) is 1.11. The fourth-order valence-corrected chi connectivity index (χ4v) is 3.43. The molecule has 0 spiro atoms. The molecule has 3 rings (SSSR count). The Morgan fingerprint density at radius 2 is 2.06 bits per heavy atom. The molecule has 0 aromatic carbocycles. The summed E-state index contributed by atoms with van der Waals surface area (Å²) >= 11 is 0. The molecule has 2 N–H and O–H groups in total. The van der Waals surface area contributed by atoms with Crippen LogP contribution < -0.4 is 16.2 Å². The van der Waals surface area contributed by atoms with Crippen molar-refractivity contribution >= 4 is 5.82 Å². The first-order valence-electron chi connectivity index (χ1n) is 6.80. The predicted octanol–water partition coefficient (Wildman–Crippen LogP) is 0.722. The van der Waals surface area contributed by atoms with Crippen molar-refractivity contribution in [2.75, 3.05) is 4.90 Å². The summed E-state index contributed by atoms with van der Waals surface area (Å²) in [6.07, 6.45) is 7.73. The van der Waals surface area contributed by atoms with Gasteiger partial charge in [0.15, 0.2) is 5.82 Å². The number of aromatic nitrogens is 2. The van der Waals surface area contributed by atoms with Gasteiger partial charge >= 0.3 is 0 Å². The van der Waals surface area contributed by atoms with E-state index in [4.69, 9.17) is 5.73 Å². The molecule has 2 aliphatic heterocycles. The van der Waals surface area contributed by atoms with E-state index in [-0.39, 0.29) is 11.6 Å². The van der Waals surface area contributed by atoms with Crippen LogP contribution in [0.3, 0.4) is 0 Å². The Morgan fingerprint density at radius 3 is 2.67 bits per heavy atom. The van der Waals surface area contributed by atoms with Crippen LogP contribution >= 0.6 is 0 Å². The van der Waals surface area contributed by atoms with Gasteiger partial charge in [0, 0.05) is 37.1 Å². The highest BCUT2D eigenvalue weighted by molar-refractivity contribution is 5.42. The lowest BCUT2D eigenvalue weighted by molar-refractivity contribution is 0.410. The van der Waals surface area contributed by atoms with Gasteiger partial charge in [-0.3, -0.25) is 4.79 Å². The Hall–Kier alpha value is -1.36. The van der Waals surface area contributed by atoms with Crippen molar-refractivity contribution in [3.05, 3.63) is 22.7 Å². The van der Waals surface area contributed by atoms with E-state index in [9.17, 15) is 4.79 Å². The van der Waals surface area contributed by atoms with Crippen molar-refractivity contribution in [1.29, 1.82) is 0 Å². The number of nitrogens with two attached hydrogens (primary N) is 1. The molecule has 0 saturated carbocycles. The first kappa shape index (κ1) is 11.7. The smallest absolute Gasteiger partial charge is 0.293 e. The van der Waals surface area contributed by atoms with Crippen molar-refractivity contribution < 1.29 is 0 Å². The highest BCUT2D eigenvalue weighted by Gasteiger charge is 2.41. The molecule has 2 atom stereocenters. The minimum absolute atomic E-state index is 0.0346. The number of anilines is 1. The van der Waals surface area contributed by atoms with Crippen LogP contribution in [0.25, 0.3) is 0 Å². The Bertz CT molecular complexity index is 484. The first-order valence-corrected chi connectivity index (χ1v) is 6.80. The molecule has 3 heterocycles. The van der Waals surface area contributed by atoms with Crippen LogP contribution in [0.1, 0.15) is 32.6 Å². The molecule has 98 valence electrons. The lowest BCUT2D eigenvalue weighted by atomic mass is 9.98. The van der Waals surface area contributed by atoms with Gasteiger partial charge in [-0.15, -0.1) is 0 Å². The molecule has 0 radical (unpaired) electrons. The van der Waals surface area contributed by atoms with Gasteiger partial charge in [-0.2, -0.15) is 0 Å². The highest BCUT2D eigenvalue weighted by atomic mass is 16.1. The summed E-state index contributed by atoms with van der Waals surface area (Å²) in [5.41, 5.74) is 6.09. The zero-order valence-corrected chi connectivity index (χ0v) is 10.7. The fraction of sp³-hybridized carbons (Fsp3) is 0.692. The second-order valence-electron chi connectivity index (χ2n) is 5.37. The molecule has 0 aliphatic carbocycles. The van der Waals surface area contributed by atoms with Crippen molar-refractivity contribution in [3.8, 4) is 0 Å². The van der Waals surface area contributed by atoms with Crippen LogP contribution in [0.5, 0.6) is 0 Å². The Kier molecular flexibility index (Phi) is 2.86. The van der Waals surface area contributed by atoms with E-state index < -0.39 is 0 Å². The largest absolute Gasteiger partial charge is 0.346 e. The van der Waals surface area contributed by atoms with Crippen LogP contribution in [-0.4, -0.2) is 27.7 Å². The number of hydrogen-bond donors (Lipinski definition) is 1. The van der Waals surface area contributed by atoms with E-state index in [0.717, 1.165) is 25.7 Å². The molecule has 2 saturated heterocycles. The number of piperidine rings is 1. The molecule has 0 amide bonds. The molecular weight excluding hydrogens is 228 g/mol. The topological polar surface area (TPSA) is 64.2 Å². The minimum atomic E-state index is 0.0346. The minimum Gasteiger partial charge on any atom is -0.346 e. The van der Waals surface area contributed by atoms with Gasteiger partial charge in [-0.1, -0.05) is 0 Å². The summed E-state index contributed by atoms with van der Waals surface area (Å²) in [7, 11) is 0. The molecule has 1 aromatic rings. The third-order valence-corrected chi connectivity index (χ3v) is 4.25. The van der Waals surface area contributed by atoms with Crippen molar-refractivity contribution in [3.63, 3.8) is 0 Å². The zero-order chi connectivity index (χ0) is 12.7. The Labute approximate surface area is 107 Å². The molecule has 2 unspecified atom stereocenters. The van der Waals surface area contributed by atoms with Gasteiger partial charge < -0.3 is 15.2 Å². The predicted molar refractivity (Wildman–Crippen MR) is 70.7 cm³/mol. The van der Waals surface area contributed by atoms with Crippen LogP contribution in [-0.2, 0) is 6.54 Å². The summed E-state index contributed by atoms with van der Waals surface area (Å²) in [5.74, 6) is 0.624. The van der Waals surface area contributed by atoms with Crippen LogP contribution in [0, 0.1) is 0 Å². The van der Waals surface area contributed by atoms with Crippen molar-refractivity contribution in [2.24, 2.45) is 5.73 Å². The quantitative estimate of drug-likeness (QED) is 0.837. The standard InChI is InChI=1S/C13H20N4O/c1-2-16-6-5-15-12(13(16)18)17-10-3-4-11(17)8-9(14)7-10/h5-6,9-11H,2-4,7-8,14H2,1H3. The fourth-order valence-electron chi connectivity index (χ4n) is 3.43. The van der Waals surface area contributed by atoms with E-state index >= 15 is 0 Å². The molecule has 2 aliphatic rings. The summed E-state index contributed by atoms with van der Waals surface area (Å²) in [4.78, 5) is 18.9. The van der Waals surface area contributed by atoms with E-state index in [1.165, 1.54) is 0 Å². The maximum atomic E-state index is 12.3. The van der Waals surface area contributed by atoms with E-state index in [0.29, 0.717) is 24.4 Å². The maximum absolute atomic E-state index is 12.3. The van der Waals surface area contributed by atoms with E-state index in [1.807, 2.05) is 6.92 Å². The van der Waals surface area contributed by atoms with Gasteiger partial charge in [0.1, 0.15) is 0 Å². The molecule has 2 fully saturated rings. The third-order valence-electron chi connectivity index (χ3n) is 4.25. The second kappa shape index (κ2) is 4.39. The van der Waals surface area contributed by atoms with Crippen LogP contribution in [0.15, 0.2) is 17.2 Å². The summed E-state index contributed by atoms with van der Waals surface area (Å²) in [6.45, 7) is 2.67. The number of fused-ring (bicyclic) bond motifs is 2. The lowest BCUT2D eigenvalue weighted by Crippen LogP contribution is -2.50. The number of nitrogens with zero attached hydrogens (tertiary/aromatic N) is 3. The molecule has 18 heavy (non-hydrogen) atoms. The number of aryl methyl sites for hydroxylation is 1. The average molecular weight is 248 g/mol. The van der Waals surface area contributed by atoms with E-state index in [1.54, 1.807) is 17.0 Å². The van der Waals surface area contributed by atoms with Gasteiger partial charge in [0.2, 0.25) is 0 Å². The third kappa shape index (κ3) is 1.73. The van der Waals surface area contributed by atoms with Crippen LogP contribution in [0.4, 0.5) is 5.82 Å². The van der Waals surface area contributed by atoms with Crippen molar-refractivity contribution in [1.82, 2.24) is 9.55 Å². The Morgan fingerprint density at radius 1 is 1.39 bits per heavy atom. The van der Waals surface area contributed by atoms with Gasteiger partial charge in [0.25, 0.3) is 5.56 Å². The van der Waals surface area contributed by atoms with Gasteiger partial charge in [-0.05, 0) is 32.6 Å². The van der Waals surface area contributed by atoms with Gasteiger partial charge in [-0.25, -0.2) is 4.98 Å². The monoisotopic (exact) mass is 248 g/mol. The van der Waals surface area contributed by atoms with E-state index in [2.05, 4.69) is 9.88 Å². The summed E-state index contributed by atoms with van der Waals surface area (Å²) in [5, 5.41) is 0.